The van der Waals surface area contributed by atoms with Gasteiger partial charge in [-0.25, -0.2) is 9.98 Å². The Labute approximate surface area is 350 Å². The third-order valence-electron chi connectivity index (χ3n) is 11.6. The van der Waals surface area contributed by atoms with Crippen molar-refractivity contribution in [3.8, 4) is 55.8 Å². The Morgan fingerprint density at radius 1 is 0.367 bits per heavy atom. The fraction of sp³-hybridized carbons (Fsp3) is 0.0175. The van der Waals surface area contributed by atoms with Crippen molar-refractivity contribution in [3.05, 3.63) is 242 Å². The molecular weight excluding hydrogens is 727 g/mol. The summed E-state index contributed by atoms with van der Waals surface area (Å²) in [6.07, 6.45) is -0.175. The number of aromatic nitrogens is 1. The van der Waals surface area contributed by atoms with Gasteiger partial charge in [-0.05, 0) is 115 Å². The average molecular weight is 766 g/mol. The number of pyridine rings is 1. The molecule has 9 aromatic carbocycles. The van der Waals surface area contributed by atoms with Gasteiger partial charge < -0.3 is 0 Å². The molecule has 0 N–H and O–H groups in total. The standard InChI is InChI=1S/C57H39N3/c1-6-17-39(18-7-1)47-35-48(40-19-8-2-9-20-40)37-49(36-47)57-59-56(60(57)50-27-14-5-15-28-50)46-26-16-25-43(34-46)44-29-31-51-45(33-44)30-32-53-55(51)52(41-21-10-3-11-22-41)38-54(58-53)42-23-12-4-13-24-42/h1-38,56H. The monoisotopic (exact) mass is 765 g/mol. The van der Waals surface area contributed by atoms with Crippen molar-refractivity contribution >= 4 is 33.2 Å². The fourth-order valence-corrected chi connectivity index (χ4v) is 8.66. The van der Waals surface area contributed by atoms with E-state index in [2.05, 4.69) is 229 Å². The van der Waals surface area contributed by atoms with Gasteiger partial charge in [0.05, 0.1) is 11.2 Å². The van der Waals surface area contributed by atoms with E-state index in [1.165, 1.54) is 49.5 Å². The predicted molar refractivity (Wildman–Crippen MR) is 251 cm³/mol. The number of anilines is 1. The highest BCUT2D eigenvalue weighted by Gasteiger charge is 2.35. The number of fused-ring (bicyclic) bond motifs is 3. The van der Waals surface area contributed by atoms with Gasteiger partial charge in [-0.15, -0.1) is 0 Å². The normalized spacial score (nSPS) is 13.6. The first-order valence-electron chi connectivity index (χ1n) is 20.5. The number of para-hydroxylation sites is 1. The molecule has 0 radical (unpaired) electrons. The molecule has 1 aromatic heterocycles. The summed E-state index contributed by atoms with van der Waals surface area (Å²) in [6.45, 7) is 0. The second-order valence-electron chi connectivity index (χ2n) is 15.4. The van der Waals surface area contributed by atoms with Crippen LogP contribution in [0.2, 0.25) is 0 Å². The van der Waals surface area contributed by atoms with Crippen LogP contribution < -0.4 is 4.90 Å². The lowest BCUT2D eigenvalue weighted by Crippen LogP contribution is -2.43. The number of aliphatic imine (C=N–C) groups is 1. The number of nitrogens with zero attached hydrogens (tertiary/aromatic N) is 3. The van der Waals surface area contributed by atoms with E-state index in [-0.39, 0.29) is 6.17 Å². The zero-order chi connectivity index (χ0) is 39.8. The molecule has 0 amide bonds. The van der Waals surface area contributed by atoms with Crippen molar-refractivity contribution < 1.29 is 0 Å². The summed E-state index contributed by atoms with van der Waals surface area (Å²) in [4.78, 5) is 13.0. The summed E-state index contributed by atoms with van der Waals surface area (Å²) in [7, 11) is 0. The first-order valence-corrected chi connectivity index (χ1v) is 20.5. The van der Waals surface area contributed by atoms with Gasteiger partial charge in [-0.1, -0.05) is 176 Å². The maximum atomic E-state index is 5.41. The van der Waals surface area contributed by atoms with Crippen molar-refractivity contribution in [2.45, 2.75) is 6.17 Å². The molecule has 0 bridgehead atoms. The van der Waals surface area contributed by atoms with E-state index in [1.807, 2.05) is 6.07 Å². The summed E-state index contributed by atoms with van der Waals surface area (Å²) in [5.41, 5.74) is 15.8. The smallest absolute Gasteiger partial charge is 0.155 e. The van der Waals surface area contributed by atoms with Gasteiger partial charge in [-0.3, -0.25) is 4.90 Å². The Hall–Kier alpha value is -7.88. The Balaban J connectivity index is 0.998. The molecule has 3 heteroatoms. The van der Waals surface area contributed by atoms with E-state index in [1.54, 1.807) is 0 Å². The topological polar surface area (TPSA) is 28.5 Å². The molecule has 60 heavy (non-hydrogen) atoms. The van der Waals surface area contributed by atoms with Crippen LogP contribution in [0.15, 0.2) is 236 Å². The number of hydrogen-bond donors (Lipinski definition) is 0. The highest BCUT2D eigenvalue weighted by atomic mass is 15.4. The minimum absolute atomic E-state index is 0.175. The first kappa shape index (κ1) is 35.3. The molecule has 1 unspecified atom stereocenters. The summed E-state index contributed by atoms with van der Waals surface area (Å²) < 4.78 is 0. The fourth-order valence-electron chi connectivity index (χ4n) is 8.66. The number of rotatable bonds is 8. The molecule has 0 saturated carbocycles. The Kier molecular flexibility index (Phi) is 8.90. The summed E-state index contributed by atoms with van der Waals surface area (Å²) >= 11 is 0. The van der Waals surface area contributed by atoms with Crippen LogP contribution in [0.3, 0.4) is 0 Å². The van der Waals surface area contributed by atoms with Gasteiger partial charge in [0.15, 0.2) is 6.17 Å². The van der Waals surface area contributed by atoms with Crippen molar-refractivity contribution in [3.63, 3.8) is 0 Å². The maximum Gasteiger partial charge on any atom is 0.155 e. The van der Waals surface area contributed by atoms with Gasteiger partial charge in [-0.2, -0.15) is 0 Å². The molecule has 10 aromatic rings. The van der Waals surface area contributed by atoms with E-state index in [4.69, 9.17) is 9.98 Å². The van der Waals surface area contributed by atoms with Crippen LogP contribution in [0.1, 0.15) is 17.3 Å². The van der Waals surface area contributed by atoms with Crippen molar-refractivity contribution in [1.82, 2.24) is 4.98 Å². The quantitative estimate of drug-likeness (QED) is 0.144. The van der Waals surface area contributed by atoms with E-state index in [0.29, 0.717) is 0 Å². The Morgan fingerprint density at radius 3 is 1.57 bits per heavy atom. The van der Waals surface area contributed by atoms with E-state index >= 15 is 0 Å². The van der Waals surface area contributed by atoms with Crippen LogP contribution in [0.4, 0.5) is 5.69 Å². The highest BCUT2D eigenvalue weighted by Crippen LogP contribution is 2.42. The molecule has 11 rings (SSSR count). The first-order chi connectivity index (χ1) is 29.7. The van der Waals surface area contributed by atoms with Gasteiger partial charge >= 0.3 is 0 Å². The summed E-state index contributed by atoms with van der Waals surface area (Å²) in [6, 6.07) is 82.2. The second kappa shape index (κ2) is 15.1. The molecule has 1 atom stereocenters. The molecule has 1 aliphatic rings. The van der Waals surface area contributed by atoms with Crippen molar-refractivity contribution in [2.24, 2.45) is 4.99 Å². The van der Waals surface area contributed by atoms with Crippen LogP contribution in [-0.2, 0) is 0 Å². The van der Waals surface area contributed by atoms with Crippen molar-refractivity contribution in [1.29, 1.82) is 0 Å². The molecule has 0 spiro atoms. The molecule has 0 fully saturated rings. The minimum atomic E-state index is -0.175. The van der Waals surface area contributed by atoms with Crippen LogP contribution >= 0.6 is 0 Å². The predicted octanol–water partition coefficient (Wildman–Crippen LogP) is 14.7. The minimum Gasteiger partial charge on any atom is -0.299 e. The molecule has 2 heterocycles. The third kappa shape index (κ3) is 6.53. The SMILES string of the molecule is c1ccc(-c2cc(C3=NC(c4cccc(-c5ccc6c(ccc7nc(-c8ccccc8)cc(-c8ccccc8)c76)c5)c4)N3c3ccccc3)cc(-c3ccccc3)c2)cc1. The zero-order valence-corrected chi connectivity index (χ0v) is 32.9. The lowest BCUT2D eigenvalue weighted by Gasteiger charge is -2.41. The zero-order valence-electron chi connectivity index (χ0n) is 32.9. The lowest BCUT2D eigenvalue weighted by atomic mass is 9.92. The molecule has 282 valence electrons. The number of benzene rings is 9. The van der Waals surface area contributed by atoms with Crippen LogP contribution in [0.25, 0.3) is 77.4 Å². The number of amidine groups is 1. The molecule has 0 saturated heterocycles. The molecular formula is C57H39N3. The van der Waals surface area contributed by atoms with Gasteiger partial charge in [0.25, 0.3) is 0 Å². The third-order valence-corrected chi connectivity index (χ3v) is 11.6. The Bertz CT molecular complexity index is 3120. The van der Waals surface area contributed by atoms with Gasteiger partial charge in [0, 0.05) is 22.2 Å². The van der Waals surface area contributed by atoms with Crippen LogP contribution in [0.5, 0.6) is 0 Å². The lowest BCUT2D eigenvalue weighted by molar-refractivity contribution is 0.690. The second-order valence-corrected chi connectivity index (χ2v) is 15.4. The average Bonchev–Trinajstić information content (AvgIpc) is 3.32. The van der Waals surface area contributed by atoms with Crippen LogP contribution in [0, 0.1) is 0 Å². The maximum absolute atomic E-state index is 5.41. The van der Waals surface area contributed by atoms with E-state index in [9.17, 15) is 0 Å². The van der Waals surface area contributed by atoms with Crippen LogP contribution in [-0.4, -0.2) is 10.8 Å². The molecule has 0 aliphatic carbocycles. The molecule has 3 nitrogen and oxygen atoms in total. The number of hydrogen-bond acceptors (Lipinski definition) is 3. The van der Waals surface area contributed by atoms with E-state index < -0.39 is 0 Å². The van der Waals surface area contributed by atoms with Gasteiger partial charge in [0.1, 0.15) is 5.84 Å². The Morgan fingerprint density at radius 2 is 0.917 bits per heavy atom. The summed E-state index contributed by atoms with van der Waals surface area (Å²) in [5.74, 6) is 0.961. The molecule has 1 aliphatic heterocycles. The van der Waals surface area contributed by atoms with Crippen molar-refractivity contribution in [2.75, 3.05) is 4.90 Å². The summed E-state index contributed by atoms with van der Waals surface area (Å²) in [5, 5.41) is 3.54. The highest BCUT2D eigenvalue weighted by molar-refractivity contribution is 6.16. The largest absolute Gasteiger partial charge is 0.299 e. The van der Waals surface area contributed by atoms with Gasteiger partial charge in [0.2, 0.25) is 0 Å². The van der Waals surface area contributed by atoms with E-state index in [0.717, 1.165) is 50.6 Å².